The van der Waals surface area contributed by atoms with Gasteiger partial charge in [0.1, 0.15) is 11.5 Å². The molecule has 31 heavy (non-hydrogen) atoms. The first-order valence-electron chi connectivity index (χ1n) is 9.84. The number of aromatic nitrogens is 4. The molecule has 1 saturated heterocycles. The van der Waals surface area contributed by atoms with Crippen molar-refractivity contribution < 1.29 is 14.0 Å². The van der Waals surface area contributed by atoms with Gasteiger partial charge in [0.2, 0.25) is 11.9 Å². The fourth-order valence-corrected chi connectivity index (χ4v) is 3.26. The number of halogens is 1. The Hall–Kier alpha value is -4.02. The number of hydrogen-bond acceptors (Lipinski definition) is 7. The predicted molar refractivity (Wildman–Crippen MR) is 111 cm³/mol. The van der Waals surface area contributed by atoms with Crippen molar-refractivity contribution in [2.75, 3.05) is 10.6 Å². The van der Waals surface area contributed by atoms with Crippen LogP contribution in [0.4, 0.5) is 21.1 Å². The molecule has 1 atom stereocenters. The molecule has 3 aromatic rings. The summed E-state index contributed by atoms with van der Waals surface area (Å²) in [6.07, 6.45) is 5.14. The fraction of sp³-hybridized carbons (Fsp3) is 0.250. The lowest BCUT2D eigenvalue weighted by molar-refractivity contribution is -0.115. The summed E-state index contributed by atoms with van der Waals surface area (Å²) in [5, 5.41) is 15.5. The lowest BCUT2D eigenvalue weighted by Crippen LogP contribution is -2.22. The lowest BCUT2D eigenvalue weighted by Gasteiger charge is -2.16. The Labute approximate surface area is 176 Å². The first kappa shape index (κ1) is 19.0. The topological polar surface area (TPSA) is 125 Å². The number of rotatable bonds is 6. The third kappa shape index (κ3) is 3.89. The number of imide groups is 1. The number of carbonyl (C=O) groups excluding carboxylic acids is 2. The summed E-state index contributed by atoms with van der Waals surface area (Å²) < 4.78 is 15.2. The maximum atomic E-state index is 13.6. The molecular formula is C20H19FN8O2. The Balaban J connectivity index is 1.53. The monoisotopic (exact) mass is 422 g/mol. The Bertz CT molecular complexity index is 1230. The number of amides is 3. The van der Waals surface area contributed by atoms with Crippen molar-refractivity contribution in [1.29, 1.82) is 0 Å². The van der Waals surface area contributed by atoms with Crippen LogP contribution in [0.2, 0.25) is 0 Å². The molecule has 1 aromatic carbocycles. The molecule has 1 unspecified atom stereocenters. The molecule has 0 bridgehead atoms. The average Bonchev–Trinajstić information content (AvgIpc) is 3.37. The number of nitrogens with zero attached hydrogens (tertiary/aromatic N) is 4. The largest absolute Gasteiger partial charge is 0.351 e. The number of nitrogens with one attached hydrogen (secondary N) is 4. The molecule has 5 rings (SSSR count). The van der Waals surface area contributed by atoms with Crippen LogP contribution in [0.1, 0.15) is 36.9 Å². The summed E-state index contributed by atoms with van der Waals surface area (Å²) >= 11 is 0. The molecule has 2 aromatic heterocycles. The van der Waals surface area contributed by atoms with Crippen LogP contribution in [0.25, 0.3) is 11.7 Å². The van der Waals surface area contributed by atoms with E-state index in [1.807, 2.05) is 13.0 Å². The number of benzene rings is 1. The number of carbonyl (C=O) groups is 2. The van der Waals surface area contributed by atoms with Gasteiger partial charge >= 0.3 is 6.03 Å². The molecule has 158 valence electrons. The number of hydrogen-bond donors (Lipinski definition) is 4. The van der Waals surface area contributed by atoms with Crippen LogP contribution in [0.5, 0.6) is 0 Å². The van der Waals surface area contributed by atoms with Crippen LogP contribution >= 0.6 is 0 Å². The highest BCUT2D eigenvalue weighted by Crippen LogP contribution is 2.26. The van der Waals surface area contributed by atoms with Crippen molar-refractivity contribution in [3.05, 3.63) is 53.1 Å². The van der Waals surface area contributed by atoms with Crippen LogP contribution in [0.15, 0.2) is 36.2 Å². The van der Waals surface area contributed by atoms with E-state index in [9.17, 15) is 14.0 Å². The van der Waals surface area contributed by atoms with Crippen LogP contribution in [0.3, 0.4) is 0 Å². The highest BCUT2D eigenvalue weighted by atomic mass is 19.1. The molecule has 0 radical (unpaired) electrons. The van der Waals surface area contributed by atoms with Gasteiger partial charge < -0.3 is 16.0 Å². The van der Waals surface area contributed by atoms with E-state index in [-0.39, 0.29) is 17.6 Å². The average molecular weight is 422 g/mol. The second kappa shape index (κ2) is 7.35. The van der Waals surface area contributed by atoms with Crippen LogP contribution in [0, 0.1) is 5.82 Å². The van der Waals surface area contributed by atoms with Gasteiger partial charge in [-0.15, -0.1) is 0 Å². The van der Waals surface area contributed by atoms with E-state index in [0.29, 0.717) is 29.1 Å². The van der Waals surface area contributed by atoms with Gasteiger partial charge in [0.15, 0.2) is 5.65 Å². The van der Waals surface area contributed by atoms with Gasteiger partial charge in [-0.25, -0.2) is 9.18 Å². The van der Waals surface area contributed by atoms with E-state index in [4.69, 9.17) is 0 Å². The van der Waals surface area contributed by atoms with E-state index in [1.165, 1.54) is 18.2 Å². The molecule has 10 nitrogen and oxygen atoms in total. The predicted octanol–water partition coefficient (Wildman–Crippen LogP) is 2.19. The first-order valence-corrected chi connectivity index (χ1v) is 9.84. The third-order valence-electron chi connectivity index (χ3n) is 5.02. The lowest BCUT2D eigenvalue weighted by atomic mass is 10.1. The second-order valence-electron chi connectivity index (χ2n) is 7.51. The minimum atomic E-state index is -0.579. The molecule has 1 aliphatic heterocycles. The number of fused-ring (bicyclic) bond motifs is 1. The molecular weight excluding hydrogens is 403 g/mol. The Morgan fingerprint density at radius 3 is 2.81 bits per heavy atom. The summed E-state index contributed by atoms with van der Waals surface area (Å²) in [6, 6.07) is 5.79. The molecule has 2 aliphatic rings. The zero-order valence-electron chi connectivity index (χ0n) is 16.5. The number of anilines is 2. The highest BCUT2D eigenvalue weighted by Gasteiger charge is 2.26. The number of urea groups is 1. The zero-order valence-corrected chi connectivity index (χ0v) is 16.5. The van der Waals surface area contributed by atoms with Gasteiger partial charge in [-0.1, -0.05) is 12.1 Å². The van der Waals surface area contributed by atoms with Crippen molar-refractivity contribution in [2.24, 2.45) is 0 Å². The minimum absolute atomic E-state index is 0.109. The Morgan fingerprint density at radius 1 is 1.26 bits per heavy atom. The van der Waals surface area contributed by atoms with Gasteiger partial charge in [0, 0.05) is 11.6 Å². The quantitative estimate of drug-likeness (QED) is 0.354. The van der Waals surface area contributed by atoms with Gasteiger partial charge in [-0.2, -0.15) is 19.6 Å². The van der Waals surface area contributed by atoms with Crippen molar-refractivity contribution in [1.82, 2.24) is 30.2 Å². The maximum absolute atomic E-state index is 13.6. The van der Waals surface area contributed by atoms with Crippen molar-refractivity contribution in [2.45, 2.75) is 31.8 Å². The maximum Gasteiger partial charge on any atom is 0.326 e. The molecule has 1 saturated carbocycles. The van der Waals surface area contributed by atoms with E-state index < -0.39 is 11.9 Å². The normalized spacial score (nSPS) is 18.2. The summed E-state index contributed by atoms with van der Waals surface area (Å²) in [4.78, 5) is 32.4. The molecule has 1 aliphatic carbocycles. The SMILES string of the molecule is CC(Nc1nc(NC2CC2)n2ncc(/C=C3\NC(=O)NC3=O)c2n1)c1cccc(F)c1. The van der Waals surface area contributed by atoms with Gasteiger partial charge in [0.05, 0.1) is 12.2 Å². The summed E-state index contributed by atoms with van der Waals surface area (Å²) in [7, 11) is 0. The minimum Gasteiger partial charge on any atom is -0.351 e. The van der Waals surface area contributed by atoms with Crippen molar-refractivity contribution >= 4 is 35.6 Å². The molecule has 2 fully saturated rings. The smallest absolute Gasteiger partial charge is 0.326 e. The third-order valence-corrected chi connectivity index (χ3v) is 5.02. The van der Waals surface area contributed by atoms with Crippen LogP contribution in [-0.4, -0.2) is 37.6 Å². The molecule has 11 heteroatoms. The van der Waals surface area contributed by atoms with Crippen molar-refractivity contribution in [3.8, 4) is 0 Å². The van der Waals surface area contributed by atoms with E-state index in [2.05, 4.69) is 36.3 Å². The summed E-state index contributed by atoms with van der Waals surface area (Å²) in [5.41, 5.74) is 1.85. The Morgan fingerprint density at radius 2 is 2.10 bits per heavy atom. The van der Waals surface area contributed by atoms with E-state index in [1.54, 1.807) is 16.8 Å². The van der Waals surface area contributed by atoms with Crippen LogP contribution in [-0.2, 0) is 4.79 Å². The molecule has 0 spiro atoms. The standard InChI is InChI=1S/C20H19FN8O2/c1-10(11-3-2-4-13(21)7-11)23-18-26-16-12(8-15-17(30)27-20(31)25-15)9-22-29(16)19(28-18)24-14-5-6-14/h2-4,7-10,14H,5-6H2,1H3,(H2,23,24,26,28)(H2,25,27,30,31)/b15-8-. The summed E-state index contributed by atoms with van der Waals surface area (Å²) in [6.45, 7) is 1.88. The first-order chi connectivity index (χ1) is 15.0. The van der Waals surface area contributed by atoms with Gasteiger partial charge in [-0.05, 0) is 43.5 Å². The zero-order chi connectivity index (χ0) is 21.5. The highest BCUT2D eigenvalue weighted by molar-refractivity contribution is 6.14. The fourth-order valence-electron chi connectivity index (χ4n) is 3.26. The Kier molecular flexibility index (Phi) is 4.50. The van der Waals surface area contributed by atoms with E-state index in [0.717, 1.165) is 18.4 Å². The van der Waals surface area contributed by atoms with E-state index >= 15 is 0 Å². The summed E-state index contributed by atoms with van der Waals surface area (Å²) in [5.74, 6) is -0.00789. The van der Waals surface area contributed by atoms with Crippen LogP contribution < -0.4 is 21.3 Å². The van der Waals surface area contributed by atoms with Crippen molar-refractivity contribution in [3.63, 3.8) is 0 Å². The molecule has 4 N–H and O–H groups in total. The van der Waals surface area contributed by atoms with Gasteiger partial charge in [-0.3, -0.25) is 10.1 Å². The molecule has 3 heterocycles. The molecule has 3 amide bonds. The second-order valence-corrected chi connectivity index (χ2v) is 7.51. The van der Waals surface area contributed by atoms with Gasteiger partial charge in [0.25, 0.3) is 5.91 Å².